The summed E-state index contributed by atoms with van der Waals surface area (Å²) in [6.45, 7) is 0. The van der Waals surface area contributed by atoms with Crippen LogP contribution in [0.1, 0.15) is 0 Å². The van der Waals surface area contributed by atoms with E-state index in [-0.39, 0.29) is 0 Å². The Kier molecular flexibility index (Phi) is 2.75. The van der Waals surface area contributed by atoms with E-state index in [0.717, 1.165) is 16.5 Å². The molecule has 1 heterocycles. The molecule has 0 amide bonds. The third-order valence-electron chi connectivity index (χ3n) is 3.48. The van der Waals surface area contributed by atoms with Crippen LogP contribution in [0.15, 0.2) is 77.3 Å². The summed E-state index contributed by atoms with van der Waals surface area (Å²) >= 11 is 0. The maximum atomic E-state index is 5.39. The van der Waals surface area contributed by atoms with Crippen molar-refractivity contribution >= 4 is 10.8 Å². The fourth-order valence-electron chi connectivity index (χ4n) is 2.45. The average molecular weight is 272 g/mol. The summed E-state index contributed by atoms with van der Waals surface area (Å²) in [7, 11) is 0. The molecular weight excluding hydrogens is 260 g/mol. The fourth-order valence-corrected chi connectivity index (χ4v) is 2.45. The van der Waals surface area contributed by atoms with Gasteiger partial charge in [-0.2, -0.15) is 4.98 Å². The Morgan fingerprint density at radius 2 is 1.48 bits per heavy atom. The molecule has 0 saturated carbocycles. The van der Waals surface area contributed by atoms with Gasteiger partial charge in [-0.15, -0.1) is 0 Å². The Morgan fingerprint density at radius 1 is 0.714 bits per heavy atom. The molecule has 3 heteroatoms. The Labute approximate surface area is 121 Å². The summed E-state index contributed by atoms with van der Waals surface area (Å²) in [5.41, 5.74) is 1.91. The molecule has 1 aromatic heterocycles. The minimum absolute atomic E-state index is 0.540. The highest BCUT2D eigenvalue weighted by molar-refractivity contribution is 5.95. The topological polar surface area (TPSA) is 38.9 Å². The molecule has 0 aliphatic heterocycles. The van der Waals surface area contributed by atoms with Crippen molar-refractivity contribution in [3.05, 3.63) is 72.8 Å². The molecule has 0 aliphatic carbocycles. The predicted molar refractivity (Wildman–Crippen MR) is 82.7 cm³/mol. The molecule has 4 aromatic rings. The molecule has 0 atom stereocenters. The Bertz CT molecular complexity index is 892. The standard InChI is InChI=1S/C18H12N2O/c1-2-8-14(9-3-1)18-19-17(20-21-18)16-12-6-10-13-7-4-5-11-15(13)16/h1-12H. The lowest BCUT2D eigenvalue weighted by Gasteiger charge is -2.01. The number of hydrogen-bond acceptors (Lipinski definition) is 3. The highest BCUT2D eigenvalue weighted by Gasteiger charge is 2.12. The second-order valence-electron chi connectivity index (χ2n) is 4.82. The molecule has 0 unspecified atom stereocenters. The van der Waals surface area contributed by atoms with E-state index >= 15 is 0 Å². The van der Waals surface area contributed by atoms with Gasteiger partial charge in [-0.05, 0) is 22.9 Å². The van der Waals surface area contributed by atoms with Gasteiger partial charge in [-0.1, -0.05) is 65.8 Å². The summed E-state index contributed by atoms with van der Waals surface area (Å²) < 4.78 is 5.39. The van der Waals surface area contributed by atoms with Crippen LogP contribution in [0.2, 0.25) is 0 Å². The third-order valence-corrected chi connectivity index (χ3v) is 3.48. The molecule has 0 N–H and O–H groups in total. The molecule has 3 nitrogen and oxygen atoms in total. The van der Waals surface area contributed by atoms with Gasteiger partial charge in [-0.3, -0.25) is 0 Å². The number of nitrogens with zero attached hydrogens (tertiary/aromatic N) is 2. The van der Waals surface area contributed by atoms with Gasteiger partial charge in [0.2, 0.25) is 5.82 Å². The predicted octanol–water partition coefficient (Wildman–Crippen LogP) is 4.56. The van der Waals surface area contributed by atoms with E-state index in [2.05, 4.69) is 28.3 Å². The van der Waals surface area contributed by atoms with E-state index in [1.54, 1.807) is 0 Å². The minimum Gasteiger partial charge on any atom is -0.334 e. The Balaban J connectivity index is 1.85. The maximum Gasteiger partial charge on any atom is 0.258 e. The van der Waals surface area contributed by atoms with Crippen LogP contribution in [0, 0.1) is 0 Å². The lowest BCUT2D eigenvalue weighted by Crippen LogP contribution is -1.83. The number of fused-ring (bicyclic) bond motifs is 1. The van der Waals surface area contributed by atoms with Crippen molar-refractivity contribution in [2.24, 2.45) is 0 Å². The lowest BCUT2D eigenvalue weighted by molar-refractivity contribution is 0.432. The quantitative estimate of drug-likeness (QED) is 0.537. The van der Waals surface area contributed by atoms with Gasteiger partial charge in [0.05, 0.1) is 0 Å². The van der Waals surface area contributed by atoms with Gasteiger partial charge in [-0.25, -0.2) is 0 Å². The molecular formula is C18H12N2O. The van der Waals surface area contributed by atoms with Crippen molar-refractivity contribution in [3.63, 3.8) is 0 Å². The van der Waals surface area contributed by atoms with E-state index in [0.29, 0.717) is 11.7 Å². The van der Waals surface area contributed by atoms with Crippen LogP contribution in [0.3, 0.4) is 0 Å². The fraction of sp³-hybridized carbons (Fsp3) is 0. The van der Waals surface area contributed by atoms with Crippen LogP contribution in [0.25, 0.3) is 33.6 Å². The zero-order valence-corrected chi connectivity index (χ0v) is 11.2. The van der Waals surface area contributed by atoms with Gasteiger partial charge < -0.3 is 4.52 Å². The molecule has 0 fully saturated rings. The molecule has 0 aliphatic rings. The van der Waals surface area contributed by atoms with Crippen LogP contribution in [0.5, 0.6) is 0 Å². The molecule has 21 heavy (non-hydrogen) atoms. The van der Waals surface area contributed by atoms with Crippen LogP contribution in [0.4, 0.5) is 0 Å². The smallest absolute Gasteiger partial charge is 0.258 e. The van der Waals surface area contributed by atoms with E-state index in [4.69, 9.17) is 4.52 Å². The van der Waals surface area contributed by atoms with Crippen molar-refractivity contribution in [1.29, 1.82) is 0 Å². The van der Waals surface area contributed by atoms with Crippen molar-refractivity contribution < 1.29 is 4.52 Å². The first-order valence-corrected chi connectivity index (χ1v) is 6.79. The van der Waals surface area contributed by atoms with Crippen molar-refractivity contribution in [2.45, 2.75) is 0 Å². The highest BCUT2D eigenvalue weighted by atomic mass is 16.5. The Morgan fingerprint density at radius 3 is 2.38 bits per heavy atom. The van der Waals surface area contributed by atoms with E-state index in [1.807, 2.05) is 54.6 Å². The molecule has 0 bridgehead atoms. The molecule has 0 radical (unpaired) electrons. The first-order valence-electron chi connectivity index (χ1n) is 6.79. The second-order valence-corrected chi connectivity index (χ2v) is 4.82. The summed E-state index contributed by atoms with van der Waals surface area (Å²) in [6, 6.07) is 24.1. The summed E-state index contributed by atoms with van der Waals surface area (Å²) in [5.74, 6) is 1.16. The van der Waals surface area contributed by atoms with Crippen molar-refractivity contribution in [1.82, 2.24) is 10.1 Å². The minimum atomic E-state index is 0.540. The van der Waals surface area contributed by atoms with Gasteiger partial charge >= 0.3 is 0 Å². The number of hydrogen-bond donors (Lipinski definition) is 0. The third kappa shape index (κ3) is 2.09. The normalized spacial score (nSPS) is 10.9. The van der Waals surface area contributed by atoms with Crippen LogP contribution >= 0.6 is 0 Å². The maximum absolute atomic E-state index is 5.39. The van der Waals surface area contributed by atoms with Crippen LogP contribution in [-0.2, 0) is 0 Å². The lowest BCUT2D eigenvalue weighted by atomic mass is 10.0. The van der Waals surface area contributed by atoms with Crippen molar-refractivity contribution in [2.75, 3.05) is 0 Å². The molecule has 4 rings (SSSR count). The number of rotatable bonds is 2. The van der Waals surface area contributed by atoms with Crippen LogP contribution in [-0.4, -0.2) is 10.1 Å². The first-order chi connectivity index (χ1) is 10.4. The van der Waals surface area contributed by atoms with E-state index in [1.165, 1.54) is 5.39 Å². The molecule has 0 saturated heterocycles. The first kappa shape index (κ1) is 11.9. The second kappa shape index (κ2) is 4.87. The summed E-state index contributed by atoms with van der Waals surface area (Å²) in [4.78, 5) is 4.52. The SMILES string of the molecule is c1ccc(-c2nc(-c3cccc4ccccc34)no2)cc1. The number of aromatic nitrogens is 2. The molecule has 3 aromatic carbocycles. The zero-order chi connectivity index (χ0) is 14.1. The van der Waals surface area contributed by atoms with Gasteiger partial charge in [0.25, 0.3) is 5.89 Å². The number of benzene rings is 3. The monoisotopic (exact) mass is 272 g/mol. The molecule has 0 spiro atoms. The zero-order valence-electron chi connectivity index (χ0n) is 11.2. The van der Waals surface area contributed by atoms with Crippen molar-refractivity contribution in [3.8, 4) is 22.8 Å². The average Bonchev–Trinajstić information content (AvgIpc) is 3.05. The van der Waals surface area contributed by atoms with Gasteiger partial charge in [0.15, 0.2) is 0 Å². The summed E-state index contributed by atoms with van der Waals surface area (Å²) in [6.07, 6.45) is 0. The largest absolute Gasteiger partial charge is 0.334 e. The Hall–Kier alpha value is -2.94. The highest BCUT2D eigenvalue weighted by Crippen LogP contribution is 2.28. The van der Waals surface area contributed by atoms with Crippen LogP contribution < -0.4 is 0 Å². The molecule has 100 valence electrons. The van der Waals surface area contributed by atoms with Gasteiger partial charge in [0, 0.05) is 11.1 Å². The van der Waals surface area contributed by atoms with Gasteiger partial charge in [0.1, 0.15) is 0 Å². The summed E-state index contributed by atoms with van der Waals surface area (Å²) in [5, 5.41) is 6.42. The van der Waals surface area contributed by atoms with E-state index < -0.39 is 0 Å². The van der Waals surface area contributed by atoms with E-state index in [9.17, 15) is 0 Å².